The van der Waals surface area contributed by atoms with Gasteiger partial charge in [0.1, 0.15) is 6.33 Å². The second kappa shape index (κ2) is 7.67. The van der Waals surface area contributed by atoms with Crippen molar-refractivity contribution in [2.75, 3.05) is 20.3 Å². The Bertz CT molecular complexity index is 1280. The molecule has 7 heteroatoms. The van der Waals surface area contributed by atoms with Crippen LogP contribution in [0, 0.1) is 13.8 Å². The second-order valence-corrected chi connectivity index (χ2v) is 9.62. The monoisotopic (exact) mass is 430 g/mol. The number of nitrogens with zero attached hydrogens (tertiary/aromatic N) is 5. The number of aromatic amines is 1. The lowest BCUT2D eigenvalue weighted by Crippen LogP contribution is -2.52. The Labute approximate surface area is 187 Å². The van der Waals surface area contributed by atoms with Crippen LogP contribution in [0.5, 0.6) is 0 Å². The Balaban J connectivity index is 1.27. The SMILES string of the molecule is Cc1cc2c(C3CCC(N(C)C4COC4)CC3)[nH]nc2cc1-c1cc(C)c2ncnn2c1. The normalized spacial score (nSPS) is 22.1. The van der Waals surface area contributed by atoms with E-state index >= 15 is 0 Å². The Morgan fingerprint density at radius 1 is 1.03 bits per heavy atom. The molecule has 0 atom stereocenters. The van der Waals surface area contributed by atoms with Crippen LogP contribution < -0.4 is 0 Å². The lowest BCUT2D eigenvalue weighted by atomic mass is 9.82. The van der Waals surface area contributed by atoms with Gasteiger partial charge in [-0.2, -0.15) is 10.2 Å². The van der Waals surface area contributed by atoms with Crippen molar-refractivity contribution < 1.29 is 4.74 Å². The van der Waals surface area contributed by atoms with Gasteiger partial charge in [0, 0.05) is 34.8 Å². The molecule has 7 nitrogen and oxygen atoms in total. The molecule has 0 unspecified atom stereocenters. The Morgan fingerprint density at radius 3 is 2.59 bits per heavy atom. The number of hydrogen-bond acceptors (Lipinski definition) is 5. The second-order valence-electron chi connectivity index (χ2n) is 9.62. The summed E-state index contributed by atoms with van der Waals surface area (Å²) in [5.74, 6) is 0.557. The minimum absolute atomic E-state index is 0.557. The Morgan fingerprint density at radius 2 is 1.84 bits per heavy atom. The minimum Gasteiger partial charge on any atom is -0.378 e. The largest absolute Gasteiger partial charge is 0.378 e. The van der Waals surface area contributed by atoms with Gasteiger partial charge in [0.25, 0.3) is 0 Å². The van der Waals surface area contributed by atoms with Crippen LogP contribution in [0.15, 0.2) is 30.7 Å². The van der Waals surface area contributed by atoms with Crippen LogP contribution in [0.1, 0.15) is 48.4 Å². The molecule has 1 aliphatic carbocycles. The highest BCUT2D eigenvalue weighted by molar-refractivity contribution is 5.88. The molecule has 2 aliphatic rings. The van der Waals surface area contributed by atoms with Gasteiger partial charge in [0.2, 0.25) is 0 Å². The standard InChI is InChI=1S/C25H30N6O/c1-15-9-22-23(10-21(15)18-8-16(2)25-26-14-27-31(25)11-18)28-29-24(22)17-4-6-19(7-5-17)30(3)20-12-32-13-20/h8-11,14,17,19-20H,4-7,12-13H2,1-3H3,(H,28,29). The predicted molar refractivity (Wildman–Crippen MR) is 125 cm³/mol. The molecule has 0 radical (unpaired) electrons. The molecule has 1 aliphatic heterocycles. The first-order chi connectivity index (χ1) is 15.6. The molecule has 0 amide bonds. The lowest BCUT2D eigenvalue weighted by molar-refractivity contribution is -0.0739. The zero-order valence-corrected chi connectivity index (χ0v) is 19.0. The summed E-state index contributed by atoms with van der Waals surface area (Å²) in [5.41, 5.74) is 7.99. The van der Waals surface area contributed by atoms with E-state index in [1.54, 1.807) is 6.33 Å². The van der Waals surface area contributed by atoms with Gasteiger partial charge in [-0.05, 0) is 81.5 Å². The summed E-state index contributed by atoms with van der Waals surface area (Å²) in [6, 6.07) is 8.02. The van der Waals surface area contributed by atoms with Crippen LogP contribution in [-0.2, 0) is 4.74 Å². The number of pyridine rings is 1. The van der Waals surface area contributed by atoms with Crippen LogP contribution in [0.2, 0.25) is 0 Å². The maximum atomic E-state index is 5.39. The summed E-state index contributed by atoms with van der Waals surface area (Å²) in [4.78, 5) is 6.89. The number of ether oxygens (including phenoxy) is 1. The number of H-pyrrole nitrogens is 1. The summed E-state index contributed by atoms with van der Waals surface area (Å²) in [6.45, 7) is 6.07. The summed E-state index contributed by atoms with van der Waals surface area (Å²) < 4.78 is 7.25. The first-order valence-electron chi connectivity index (χ1n) is 11.7. The summed E-state index contributed by atoms with van der Waals surface area (Å²) in [5, 5.41) is 13.7. The third kappa shape index (κ3) is 3.22. The highest BCUT2D eigenvalue weighted by atomic mass is 16.5. The third-order valence-electron chi connectivity index (χ3n) is 7.68. The fourth-order valence-electron chi connectivity index (χ4n) is 5.58. The van der Waals surface area contributed by atoms with Crippen molar-refractivity contribution in [3.8, 4) is 11.1 Å². The van der Waals surface area contributed by atoms with E-state index in [9.17, 15) is 0 Å². The molecule has 1 aromatic carbocycles. The van der Waals surface area contributed by atoms with Crippen LogP contribution >= 0.6 is 0 Å². The minimum atomic E-state index is 0.557. The highest BCUT2D eigenvalue weighted by Crippen LogP contribution is 2.39. The summed E-state index contributed by atoms with van der Waals surface area (Å²) in [6.07, 6.45) is 8.57. The molecule has 0 bridgehead atoms. The molecule has 1 saturated carbocycles. The van der Waals surface area contributed by atoms with Crippen molar-refractivity contribution in [1.29, 1.82) is 0 Å². The van der Waals surface area contributed by atoms with Gasteiger partial charge in [-0.15, -0.1) is 0 Å². The molecule has 0 spiro atoms. The van der Waals surface area contributed by atoms with E-state index in [4.69, 9.17) is 9.84 Å². The first-order valence-corrected chi connectivity index (χ1v) is 11.7. The Hall–Kier alpha value is -2.77. The summed E-state index contributed by atoms with van der Waals surface area (Å²) >= 11 is 0. The smallest absolute Gasteiger partial charge is 0.158 e. The van der Waals surface area contributed by atoms with Crippen molar-refractivity contribution in [1.82, 2.24) is 29.7 Å². The van der Waals surface area contributed by atoms with Gasteiger partial charge in [-0.1, -0.05) is 0 Å². The van der Waals surface area contributed by atoms with Crippen LogP contribution in [-0.4, -0.2) is 62.0 Å². The third-order valence-corrected chi connectivity index (χ3v) is 7.68. The molecule has 6 rings (SSSR count). The predicted octanol–water partition coefficient (Wildman–Crippen LogP) is 4.25. The molecule has 32 heavy (non-hydrogen) atoms. The van der Waals surface area contributed by atoms with Gasteiger partial charge in [0.05, 0.1) is 24.8 Å². The number of hydrogen-bond donors (Lipinski definition) is 1. The maximum Gasteiger partial charge on any atom is 0.158 e. The molecule has 3 aromatic heterocycles. The average Bonchev–Trinajstić information content (AvgIpc) is 3.39. The molecular formula is C25H30N6O. The average molecular weight is 431 g/mol. The van der Waals surface area contributed by atoms with Crippen molar-refractivity contribution in [2.24, 2.45) is 0 Å². The van der Waals surface area contributed by atoms with E-state index in [1.165, 1.54) is 47.9 Å². The van der Waals surface area contributed by atoms with Crippen molar-refractivity contribution in [2.45, 2.75) is 57.5 Å². The van der Waals surface area contributed by atoms with Crippen molar-refractivity contribution in [3.05, 3.63) is 47.5 Å². The zero-order valence-electron chi connectivity index (χ0n) is 19.0. The number of nitrogens with one attached hydrogen (secondary N) is 1. The topological polar surface area (TPSA) is 71.3 Å². The molecule has 4 aromatic rings. The maximum absolute atomic E-state index is 5.39. The van der Waals surface area contributed by atoms with E-state index in [-0.39, 0.29) is 0 Å². The zero-order chi connectivity index (χ0) is 21.8. The number of aromatic nitrogens is 5. The highest BCUT2D eigenvalue weighted by Gasteiger charge is 2.32. The lowest BCUT2D eigenvalue weighted by Gasteiger charge is -2.42. The molecule has 166 valence electrons. The van der Waals surface area contributed by atoms with E-state index in [2.05, 4.69) is 65.4 Å². The van der Waals surface area contributed by atoms with Gasteiger partial charge in [-0.25, -0.2) is 9.50 Å². The van der Waals surface area contributed by atoms with E-state index < -0.39 is 0 Å². The number of likely N-dealkylation sites (N-methyl/N-ethyl adjacent to an activating group) is 1. The van der Waals surface area contributed by atoms with Gasteiger partial charge < -0.3 is 4.74 Å². The Kier molecular flexibility index (Phi) is 4.77. The van der Waals surface area contributed by atoms with E-state index in [1.807, 2.05) is 4.52 Å². The number of rotatable bonds is 4. The molecule has 1 saturated heterocycles. The number of fused-ring (bicyclic) bond motifs is 2. The van der Waals surface area contributed by atoms with Gasteiger partial charge in [-0.3, -0.25) is 10.00 Å². The molecule has 2 fully saturated rings. The summed E-state index contributed by atoms with van der Waals surface area (Å²) in [7, 11) is 2.27. The van der Waals surface area contributed by atoms with Crippen LogP contribution in [0.3, 0.4) is 0 Å². The number of aryl methyl sites for hydroxylation is 2. The fraction of sp³-hybridized carbons (Fsp3) is 0.480. The molecule has 1 N–H and O–H groups in total. The van der Waals surface area contributed by atoms with E-state index in [0.29, 0.717) is 18.0 Å². The molecular weight excluding hydrogens is 400 g/mol. The fourth-order valence-corrected chi connectivity index (χ4v) is 5.58. The van der Waals surface area contributed by atoms with Gasteiger partial charge in [0.15, 0.2) is 5.65 Å². The number of benzene rings is 1. The van der Waals surface area contributed by atoms with Crippen LogP contribution in [0.25, 0.3) is 27.7 Å². The van der Waals surface area contributed by atoms with Crippen molar-refractivity contribution in [3.63, 3.8) is 0 Å². The van der Waals surface area contributed by atoms with Gasteiger partial charge >= 0.3 is 0 Å². The van der Waals surface area contributed by atoms with E-state index in [0.717, 1.165) is 35.5 Å². The van der Waals surface area contributed by atoms with Crippen molar-refractivity contribution >= 4 is 16.6 Å². The van der Waals surface area contributed by atoms with Crippen LogP contribution in [0.4, 0.5) is 0 Å². The molecule has 4 heterocycles. The first kappa shape index (κ1) is 19.9. The quantitative estimate of drug-likeness (QED) is 0.524.